The summed E-state index contributed by atoms with van der Waals surface area (Å²) in [6.45, 7) is 4.97. The Bertz CT molecular complexity index is 1350. The van der Waals surface area contributed by atoms with Gasteiger partial charge in [-0.2, -0.15) is 17.1 Å². The highest BCUT2D eigenvalue weighted by atomic mass is 32.3. The van der Waals surface area contributed by atoms with Gasteiger partial charge in [-0.3, -0.25) is 0 Å². The standard InChI is InChI=1S/C31H45N3O4S3/c1-4-6-7-8-9-10-11-12-13-14-15-16-17-18-19-20-21-22-23-24-25-33-40(35,36)30-26-28-29(32-5-2)27-34(3)41(37,38)31(28)39-30/h6-7,9-10,12-13,15-16,18-19,21-22,25-26,29,32H,4-5,8,11,14,17,20,23-24,27H2,1-3H3/b7-6-,10-9-,13-12-,16-15-,19-18-,22-21-,33-25+/t29-/m0/s1. The molecular weight excluding hydrogens is 575 g/mol. The number of likely N-dealkylation sites (N-methyl/N-ethyl adjacent to an activating group) is 2. The first-order chi connectivity index (χ1) is 19.7. The van der Waals surface area contributed by atoms with Crippen LogP contribution in [0.3, 0.4) is 0 Å². The molecule has 0 amide bonds. The van der Waals surface area contributed by atoms with Gasteiger partial charge in [-0.1, -0.05) is 86.8 Å². The van der Waals surface area contributed by atoms with E-state index in [-0.39, 0.29) is 21.0 Å². The lowest BCUT2D eigenvalue weighted by Gasteiger charge is -2.29. The molecule has 0 spiro atoms. The van der Waals surface area contributed by atoms with Crippen LogP contribution in [-0.2, 0) is 20.0 Å². The highest BCUT2D eigenvalue weighted by Gasteiger charge is 2.38. The lowest BCUT2D eigenvalue weighted by molar-refractivity contribution is 0.385. The maximum Gasteiger partial charge on any atom is 0.291 e. The van der Waals surface area contributed by atoms with Gasteiger partial charge in [0, 0.05) is 31.4 Å². The summed E-state index contributed by atoms with van der Waals surface area (Å²) in [6, 6.07) is 1.20. The van der Waals surface area contributed by atoms with E-state index in [1.807, 2.05) is 19.1 Å². The lowest BCUT2D eigenvalue weighted by Crippen LogP contribution is -2.40. The van der Waals surface area contributed by atoms with Gasteiger partial charge in [0.1, 0.15) is 8.42 Å². The molecule has 2 heterocycles. The number of rotatable bonds is 18. The summed E-state index contributed by atoms with van der Waals surface area (Å²) in [5.41, 5.74) is 0.502. The first-order valence-electron chi connectivity index (χ1n) is 14.3. The highest BCUT2D eigenvalue weighted by Crippen LogP contribution is 2.40. The van der Waals surface area contributed by atoms with Crippen LogP contribution in [0.25, 0.3) is 0 Å². The average molecular weight is 620 g/mol. The van der Waals surface area contributed by atoms with Gasteiger partial charge in [0.2, 0.25) is 0 Å². The van der Waals surface area contributed by atoms with Crippen LogP contribution < -0.4 is 5.32 Å². The van der Waals surface area contributed by atoms with Crippen molar-refractivity contribution in [2.24, 2.45) is 4.40 Å². The van der Waals surface area contributed by atoms with Crippen LogP contribution in [0.5, 0.6) is 0 Å². The molecule has 1 aromatic heterocycles. The fourth-order valence-electron chi connectivity index (χ4n) is 3.97. The third-order valence-corrected chi connectivity index (χ3v) is 11.4. The van der Waals surface area contributed by atoms with Crippen molar-refractivity contribution in [1.29, 1.82) is 0 Å². The van der Waals surface area contributed by atoms with Gasteiger partial charge < -0.3 is 5.32 Å². The van der Waals surface area contributed by atoms with Crippen molar-refractivity contribution < 1.29 is 16.8 Å². The van der Waals surface area contributed by atoms with Crippen molar-refractivity contribution >= 4 is 37.6 Å². The molecule has 0 aliphatic carbocycles. The van der Waals surface area contributed by atoms with Gasteiger partial charge >= 0.3 is 0 Å². The SMILES string of the molecule is CC/C=C\C/C=C\C/C=C\C/C=C\C/C=C\C/C=C\CC/C=N/S(=O)(=O)c1cc2c(s1)S(=O)(=O)N(C)C[C@@H]2NCC. The van der Waals surface area contributed by atoms with E-state index in [4.69, 9.17) is 0 Å². The molecule has 0 radical (unpaired) electrons. The normalized spacial score (nSPS) is 18.6. The van der Waals surface area contributed by atoms with Gasteiger partial charge in [0.15, 0.2) is 0 Å². The Hall–Kier alpha value is -2.37. The molecule has 0 bridgehead atoms. The molecule has 2 rings (SSSR count). The van der Waals surface area contributed by atoms with Crippen molar-refractivity contribution in [3.05, 3.63) is 84.5 Å². The summed E-state index contributed by atoms with van der Waals surface area (Å²) >= 11 is 0.769. The predicted octanol–water partition coefficient (Wildman–Crippen LogP) is 7.27. The van der Waals surface area contributed by atoms with E-state index in [1.54, 1.807) is 0 Å². The van der Waals surface area contributed by atoms with E-state index >= 15 is 0 Å². The zero-order chi connectivity index (χ0) is 30.0. The maximum absolute atomic E-state index is 12.8. The summed E-state index contributed by atoms with van der Waals surface area (Å²) in [5.74, 6) is 0. The van der Waals surface area contributed by atoms with Crippen molar-refractivity contribution in [2.75, 3.05) is 20.1 Å². The van der Waals surface area contributed by atoms with Crippen molar-refractivity contribution in [3.63, 3.8) is 0 Å². The van der Waals surface area contributed by atoms with Gasteiger partial charge in [0.25, 0.3) is 20.0 Å². The molecule has 0 saturated heterocycles. The minimum atomic E-state index is -3.96. The predicted molar refractivity (Wildman–Crippen MR) is 174 cm³/mol. The molecule has 1 aromatic rings. The minimum Gasteiger partial charge on any atom is -0.309 e. The molecule has 0 saturated carbocycles. The van der Waals surface area contributed by atoms with E-state index in [0.717, 1.165) is 49.9 Å². The molecule has 1 N–H and O–H groups in total. The Morgan fingerprint density at radius 3 is 1.90 bits per heavy atom. The second-order valence-electron chi connectivity index (χ2n) is 9.46. The van der Waals surface area contributed by atoms with E-state index in [2.05, 4.69) is 77.4 Å². The van der Waals surface area contributed by atoms with E-state index < -0.39 is 20.0 Å². The van der Waals surface area contributed by atoms with Gasteiger partial charge in [-0.25, -0.2) is 8.42 Å². The fourth-order valence-corrected chi connectivity index (χ4v) is 8.49. The molecule has 0 aromatic carbocycles. The molecule has 1 aliphatic heterocycles. The largest absolute Gasteiger partial charge is 0.309 e. The summed E-state index contributed by atoms with van der Waals surface area (Å²) in [6.07, 6.45) is 34.0. The number of thiophene rings is 1. The topological polar surface area (TPSA) is 95.9 Å². The fraction of sp³-hybridized carbons (Fsp3) is 0.452. The Labute approximate surface area is 252 Å². The molecule has 1 atom stereocenters. The molecule has 226 valence electrons. The van der Waals surface area contributed by atoms with E-state index in [9.17, 15) is 16.8 Å². The third-order valence-electron chi connectivity index (χ3n) is 6.14. The van der Waals surface area contributed by atoms with Crippen LogP contribution in [0.4, 0.5) is 0 Å². The number of hydrogen-bond acceptors (Lipinski definition) is 6. The lowest BCUT2D eigenvalue weighted by atomic mass is 10.1. The summed E-state index contributed by atoms with van der Waals surface area (Å²) in [5, 5.41) is 3.23. The second kappa shape index (κ2) is 18.9. The Balaban J connectivity index is 1.68. The van der Waals surface area contributed by atoms with Crippen molar-refractivity contribution in [1.82, 2.24) is 9.62 Å². The first-order valence-corrected chi connectivity index (χ1v) is 18.0. The Morgan fingerprint density at radius 1 is 0.878 bits per heavy atom. The second-order valence-corrected chi connectivity index (χ2v) is 14.6. The highest BCUT2D eigenvalue weighted by molar-refractivity contribution is 7.94. The maximum atomic E-state index is 12.8. The van der Waals surface area contributed by atoms with Crippen LogP contribution in [0.15, 0.2) is 91.8 Å². The molecular formula is C31H45N3O4S3. The van der Waals surface area contributed by atoms with Crippen LogP contribution >= 0.6 is 11.3 Å². The number of allylic oxidation sites excluding steroid dienone is 12. The zero-order valence-corrected chi connectivity index (χ0v) is 26.9. The third kappa shape index (κ3) is 12.2. The van der Waals surface area contributed by atoms with Gasteiger partial charge in [0.05, 0.1) is 0 Å². The average Bonchev–Trinajstić information content (AvgIpc) is 3.41. The van der Waals surface area contributed by atoms with Crippen LogP contribution in [0.1, 0.15) is 76.8 Å². The minimum absolute atomic E-state index is 0.0468. The number of sulfonamides is 2. The molecule has 1 aliphatic rings. The molecule has 7 nitrogen and oxygen atoms in total. The van der Waals surface area contributed by atoms with Gasteiger partial charge in [-0.15, -0.1) is 11.3 Å². The number of nitrogens with zero attached hydrogens (tertiary/aromatic N) is 2. The number of unbranched alkanes of at least 4 members (excludes halogenated alkanes) is 1. The molecule has 10 heteroatoms. The first kappa shape index (κ1) is 34.8. The monoisotopic (exact) mass is 619 g/mol. The van der Waals surface area contributed by atoms with Crippen molar-refractivity contribution in [3.8, 4) is 0 Å². The van der Waals surface area contributed by atoms with Crippen molar-refractivity contribution in [2.45, 2.75) is 79.7 Å². The summed E-state index contributed by atoms with van der Waals surface area (Å²) in [4.78, 5) is 0. The van der Waals surface area contributed by atoms with Crippen LogP contribution in [0, 0.1) is 0 Å². The Morgan fingerprint density at radius 2 is 1.39 bits per heavy atom. The summed E-state index contributed by atoms with van der Waals surface area (Å²) < 4.78 is 56.0. The number of nitrogens with one attached hydrogen (secondary N) is 1. The molecule has 0 unspecified atom stereocenters. The van der Waals surface area contributed by atoms with Gasteiger partial charge in [-0.05, 0) is 64.0 Å². The summed E-state index contributed by atoms with van der Waals surface area (Å²) in [7, 11) is -6.15. The molecule has 41 heavy (non-hydrogen) atoms. The van der Waals surface area contributed by atoms with E-state index in [0.29, 0.717) is 24.9 Å². The molecule has 0 fully saturated rings. The smallest absolute Gasteiger partial charge is 0.291 e. The van der Waals surface area contributed by atoms with E-state index in [1.165, 1.54) is 23.6 Å². The van der Waals surface area contributed by atoms with Crippen LogP contribution in [-0.4, -0.2) is 47.5 Å². The van der Waals surface area contributed by atoms with Crippen LogP contribution in [0.2, 0.25) is 0 Å². The number of fused-ring (bicyclic) bond motifs is 1. The zero-order valence-electron chi connectivity index (χ0n) is 24.5. The number of hydrogen-bond donors (Lipinski definition) is 1. The quantitative estimate of drug-likeness (QED) is 0.106. The Kier molecular flexibility index (Phi) is 16.1.